The number of benzene rings is 1. The van der Waals surface area contributed by atoms with E-state index in [0.717, 1.165) is 6.54 Å². The molecule has 2 heterocycles. The SMILES string of the molecule is Clc1cc(Cl)c2oc(C3CNCCO3)nc2c1. The molecule has 90 valence electrons. The first kappa shape index (κ1) is 11.3. The Morgan fingerprint density at radius 2 is 2.24 bits per heavy atom. The largest absolute Gasteiger partial charge is 0.436 e. The number of aromatic nitrogens is 1. The van der Waals surface area contributed by atoms with Crippen LogP contribution in [0.4, 0.5) is 0 Å². The molecule has 0 radical (unpaired) electrons. The summed E-state index contributed by atoms with van der Waals surface area (Å²) in [4.78, 5) is 4.36. The van der Waals surface area contributed by atoms with E-state index in [0.29, 0.717) is 40.2 Å². The summed E-state index contributed by atoms with van der Waals surface area (Å²) in [5, 5.41) is 4.23. The molecule has 1 atom stereocenters. The molecule has 6 heteroatoms. The number of hydrogen-bond donors (Lipinski definition) is 1. The molecule has 0 amide bonds. The van der Waals surface area contributed by atoms with Crippen molar-refractivity contribution in [2.24, 2.45) is 0 Å². The highest BCUT2D eigenvalue weighted by molar-refractivity contribution is 6.37. The quantitative estimate of drug-likeness (QED) is 0.867. The van der Waals surface area contributed by atoms with Crippen molar-refractivity contribution in [2.75, 3.05) is 19.7 Å². The highest BCUT2D eigenvalue weighted by Crippen LogP contribution is 2.31. The van der Waals surface area contributed by atoms with E-state index in [4.69, 9.17) is 32.4 Å². The van der Waals surface area contributed by atoms with Crippen molar-refractivity contribution in [2.45, 2.75) is 6.10 Å². The minimum Gasteiger partial charge on any atom is -0.436 e. The van der Waals surface area contributed by atoms with Gasteiger partial charge in [0.2, 0.25) is 5.89 Å². The van der Waals surface area contributed by atoms with Crippen molar-refractivity contribution in [3.8, 4) is 0 Å². The third-order valence-electron chi connectivity index (χ3n) is 2.63. The van der Waals surface area contributed by atoms with Gasteiger partial charge in [-0.05, 0) is 12.1 Å². The van der Waals surface area contributed by atoms with Gasteiger partial charge >= 0.3 is 0 Å². The number of hydrogen-bond acceptors (Lipinski definition) is 4. The Morgan fingerprint density at radius 1 is 1.35 bits per heavy atom. The highest BCUT2D eigenvalue weighted by atomic mass is 35.5. The van der Waals surface area contributed by atoms with Crippen LogP contribution in [0.3, 0.4) is 0 Å². The first-order chi connectivity index (χ1) is 8.24. The predicted octanol–water partition coefficient (Wildman–Crippen LogP) is 2.80. The van der Waals surface area contributed by atoms with E-state index >= 15 is 0 Å². The zero-order valence-corrected chi connectivity index (χ0v) is 10.4. The van der Waals surface area contributed by atoms with Gasteiger partial charge in [-0.2, -0.15) is 0 Å². The number of ether oxygens (including phenoxy) is 1. The standard InChI is InChI=1S/C11H10Cl2N2O2/c12-6-3-7(13)10-8(4-6)15-11(17-10)9-5-14-1-2-16-9/h3-4,9,14H,1-2,5H2. The lowest BCUT2D eigenvalue weighted by Gasteiger charge is -2.20. The first-order valence-corrected chi connectivity index (χ1v) is 6.07. The lowest BCUT2D eigenvalue weighted by atomic mass is 10.3. The average molecular weight is 273 g/mol. The molecule has 0 spiro atoms. The lowest BCUT2D eigenvalue weighted by Crippen LogP contribution is -2.33. The van der Waals surface area contributed by atoms with Gasteiger partial charge in [0, 0.05) is 18.1 Å². The van der Waals surface area contributed by atoms with Crippen LogP contribution in [-0.4, -0.2) is 24.7 Å². The number of nitrogens with one attached hydrogen (secondary N) is 1. The summed E-state index contributed by atoms with van der Waals surface area (Å²) < 4.78 is 11.2. The van der Waals surface area contributed by atoms with Gasteiger partial charge in [-0.1, -0.05) is 23.2 Å². The minimum absolute atomic E-state index is 0.161. The van der Waals surface area contributed by atoms with Crippen LogP contribution in [0.5, 0.6) is 0 Å². The number of rotatable bonds is 1. The molecular formula is C11H10Cl2N2O2. The zero-order chi connectivity index (χ0) is 11.8. The van der Waals surface area contributed by atoms with Gasteiger partial charge in [-0.3, -0.25) is 0 Å². The lowest BCUT2D eigenvalue weighted by molar-refractivity contribution is 0.0118. The molecule has 1 aromatic heterocycles. The highest BCUT2D eigenvalue weighted by Gasteiger charge is 2.22. The minimum atomic E-state index is -0.161. The monoisotopic (exact) mass is 272 g/mol. The maximum atomic E-state index is 6.04. The van der Waals surface area contributed by atoms with E-state index in [9.17, 15) is 0 Å². The first-order valence-electron chi connectivity index (χ1n) is 5.32. The van der Waals surface area contributed by atoms with Crippen molar-refractivity contribution in [3.63, 3.8) is 0 Å². The third-order valence-corrected chi connectivity index (χ3v) is 3.13. The Balaban J connectivity index is 2.03. The fourth-order valence-corrected chi connectivity index (χ4v) is 2.36. The normalized spacial score (nSPS) is 20.9. The topological polar surface area (TPSA) is 47.3 Å². The van der Waals surface area contributed by atoms with Gasteiger partial charge in [-0.15, -0.1) is 0 Å². The third kappa shape index (κ3) is 2.13. The second-order valence-corrected chi connectivity index (χ2v) is 4.70. The molecule has 1 aliphatic rings. The summed E-state index contributed by atoms with van der Waals surface area (Å²) in [5.41, 5.74) is 1.21. The maximum Gasteiger partial charge on any atom is 0.226 e. The molecule has 1 saturated heterocycles. The number of morpholine rings is 1. The molecular weight excluding hydrogens is 263 g/mol. The summed E-state index contributed by atoms with van der Waals surface area (Å²) in [6, 6.07) is 3.37. The summed E-state index contributed by atoms with van der Waals surface area (Å²) >= 11 is 11.9. The molecule has 0 saturated carbocycles. The summed E-state index contributed by atoms with van der Waals surface area (Å²) in [6.07, 6.45) is -0.161. The van der Waals surface area contributed by atoms with Gasteiger partial charge in [0.25, 0.3) is 0 Å². The molecule has 1 aromatic carbocycles. The van der Waals surface area contributed by atoms with E-state index in [1.807, 2.05) is 0 Å². The van der Waals surface area contributed by atoms with Crippen LogP contribution in [0.1, 0.15) is 12.0 Å². The van der Waals surface area contributed by atoms with Gasteiger partial charge < -0.3 is 14.5 Å². The molecule has 1 fully saturated rings. The number of oxazole rings is 1. The van der Waals surface area contributed by atoms with Crippen LogP contribution in [0, 0.1) is 0 Å². The Labute approximate surface area is 108 Å². The van der Waals surface area contributed by atoms with Crippen LogP contribution in [0.25, 0.3) is 11.1 Å². The van der Waals surface area contributed by atoms with E-state index < -0.39 is 0 Å². The smallest absolute Gasteiger partial charge is 0.226 e. The molecule has 4 nitrogen and oxygen atoms in total. The molecule has 0 bridgehead atoms. The van der Waals surface area contributed by atoms with Gasteiger partial charge in [0.1, 0.15) is 11.6 Å². The van der Waals surface area contributed by atoms with Gasteiger partial charge in [-0.25, -0.2) is 4.98 Å². The molecule has 1 aliphatic heterocycles. The van der Waals surface area contributed by atoms with Crippen LogP contribution < -0.4 is 5.32 Å². The number of halogens is 2. The van der Waals surface area contributed by atoms with Crippen molar-refractivity contribution >= 4 is 34.3 Å². The fraction of sp³-hybridized carbons (Fsp3) is 0.364. The fourth-order valence-electron chi connectivity index (χ4n) is 1.84. The van der Waals surface area contributed by atoms with Gasteiger partial charge in [0.15, 0.2) is 5.58 Å². The van der Waals surface area contributed by atoms with E-state index in [1.54, 1.807) is 12.1 Å². The average Bonchev–Trinajstić information content (AvgIpc) is 2.74. The molecule has 2 aromatic rings. The van der Waals surface area contributed by atoms with Crippen molar-refractivity contribution in [3.05, 3.63) is 28.1 Å². The van der Waals surface area contributed by atoms with Crippen molar-refractivity contribution in [1.82, 2.24) is 10.3 Å². The number of nitrogens with zero attached hydrogens (tertiary/aromatic N) is 1. The van der Waals surface area contributed by atoms with Crippen molar-refractivity contribution < 1.29 is 9.15 Å². The summed E-state index contributed by atoms with van der Waals surface area (Å²) in [5.74, 6) is 0.538. The maximum absolute atomic E-state index is 6.04. The van der Waals surface area contributed by atoms with Crippen molar-refractivity contribution in [1.29, 1.82) is 0 Å². The molecule has 1 N–H and O–H groups in total. The molecule has 1 unspecified atom stereocenters. The van der Waals surface area contributed by atoms with Crippen LogP contribution >= 0.6 is 23.2 Å². The molecule has 17 heavy (non-hydrogen) atoms. The predicted molar refractivity (Wildman–Crippen MR) is 65.6 cm³/mol. The van der Waals surface area contributed by atoms with E-state index in [1.165, 1.54) is 0 Å². The Hall–Kier alpha value is -0.810. The van der Waals surface area contributed by atoms with E-state index in [-0.39, 0.29) is 6.10 Å². The summed E-state index contributed by atoms with van der Waals surface area (Å²) in [6.45, 7) is 2.19. The van der Waals surface area contributed by atoms with E-state index in [2.05, 4.69) is 10.3 Å². The van der Waals surface area contributed by atoms with Crippen LogP contribution in [-0.2, 0) is 4.74 Å². The zero-order valence-electron chi connectivity index (χ0n) is 8.87. The van der Waals surface area contributed by atoms with Crippen LogP contribution in [0.15, 0.2) is 16.5 Å². The Morgan fingerprint density at radius 3 is 3.00 bits per heavy atom. The van der Waals surface area contributed by atoms with Gasteiger partial charge in [0.05, 0.1) is 11.6 Å². The summed E-state index contributed by atoms with van der Waals surface area (Å²) in [7, 11) is 0. The molecule has 3 rings (SSSR count). The second kappa shape index (κ2) is 4.46. The Kier molecular flexibility index (Phi) is 2.96. The van der Waals surface area contributed by atoms with Crippen LogP contribution in [0.2, 0.25) is 10.0 Å². The number of fused-ring (bicyclic) bond motifs is 1. The Bertz CT molecular complexity index is 550. The second-order valence-electron chi connectivity index (χ2n) is 3.85. The molecule has 0 aliphatic carbocycles.